The fourth-order valence-corrected chi connectivity index (χ4v) is 2.93. The predicted molar refractivity (Wildman–Crippen MR) is 72.4 cm³/mol. The van der Waals surface area contributed by atoms with Crippen molar-refractivity contribution in [3.05, 3.63) is 11.7 Å². The maximum absolute atomic E-state index is 5.30. The molecule has 1 aliphatic carbocycles. The lowest BCUT2D eigenvalue weighted by molar-refractivity contribution is 0.106. The summed E-state index contributed by atoms with van der Waals surface area (Å²) in [6.07, 6.45) is 3.51. The van der Waals surface area contributed by atoms with Gasteiger partial charge in [0.05, 0.1) is 0 Å². The first-order valence-corrected chi connectivity index (χ1v) is 7.06. The fourth-order valence-electron chi connectivity index (χ4n) is 2.93. The molecule has 0 unspecified atom stereocenters. The zero-order valence-corrected chi connectivity index (χ0v) is 12.6. The monoisotopic (exact) mass is 250 g/mol. The Hall–Kier alpha value is -0.860. The average molecular weight is 250 g/mol. The maximum Gasteiger partial charge on any atom is 0.229 e. The lowest BCUT2D eigenvalue weighted by Crippen LogP contribution is -2.32. The van der Waals surface area contributed by atoms with Gasteiger partial charge in [0.25, 0.3) is 0 Å². The molecular formula is C15H26N2O. The first-order chi connectivity index (χ1) is 8.24. The predicted octanol–water partition coefficient (Wildman–Crippen LogP) is 4.20. The minimum absolute atomic E-state index is 0.319. The van der Waals surface area contributed by atoms with Crippen molar-refractivity contribution in [1.29, 1.82) is 0 Å². The van der Waals surface area contributed by atoms with Crippen LogP contribution in [0.2, 0.25) is 0 Å². The summed E-state index contributed by atoms with van der Waals surface area (Å²) in [6, 6.07) is 0. The molecule has 0 N–H and O–H groups in total. The minimum atomic E-state index is 0.319. The lowest BCUT2D eigenvalue weighted by Gasteiger charge is -2.39. The minimum Gasteiger partial charge on any atom is -0.339 e. The van der Waals surface area contributed by atoms with E-state index in [4.69, 9.17) is 4.52 Å². The lowest BCUT2D eigenvalue weighted by atomic mass is 9.66. The molecule has 0 saturated heterocycles. The van der Waals surface area contributed by atoms with Crippen molar-refractivity contribution in [1.82, 2.24) is 10.1 Å². The van der Waals surface area contributed by atoms with Crippen LogP contribution in [0.5, 0.6) is 0 Å². The van der Waals surface area contributed by atoms with Gasteiger partial charge in [0.1, 0.15) is 0 Å². The third-order valence-electron chi connectivity index (χ3n) is 5.29. The van der Waals surface area contributed by atoms with E-state index in [0.29, 0.717) is 22.7 Å². The molecule has 0 radical (unpaired) electrons. The van der Waals surface area contributed by atoms with Crippen LogP contribution >= 0.6 is 0 Å². The van der Waals surface area contributed by atoms with E-state index in [9.17, 15) is 0 Å². The van der Waals surface area contributed by atoms with Crippen LogP contribution in [0.25, 0.3) is 0 Å². The van der Waals surface area contributed by atoms with E-state index in [-0.39, 0.29) is 0 Å². The summed E-state index contributed by atoms with van der Waals surface area (Å²) < 4.78 is 5.30. The Labute approximate surface area is 110 Å². The molecule has 1 aliphatic rings. The summed E-state index contributed by atoms with van der Waals surface area (Å²) in [5, 5.41) is 4.13. The molecule has 1 saturated carbocycles. The van der Waals surface area contributed by atoms with E-state index in [1.54, 1.807) is 0 Å². The van der Waals surface area contributed by atoms with Gasteiger partial charge in [-0.05, 0) is 29.6 Å². The van der Waals surface area contributed by atoms with E-state index in [1.807, 2.05) is 0 Å². The van der Waals surface area contributed by atoms with Crippen LogP contribution < -0.4 is 0 Å². The highest BCUT2D eigenvalue weighted by Gasteiger charge is 2.48. The summed E-state index contributed by atoms with van der Waals surface area (Å²) >= 11 is 0. The first-order valence-electron chi connectivity index (χ1n) is 7.06. The Morgan fingerprint density at radius 3 is 2.39 bits per heavy atom. The van der Waals surface area contributed by atoms with E-state index in [1.165, 1.54) is 12.8 Å². The standard InChI is InChI=1S/C15H26N2O/c1-10(2)13-16-12(17-18-13)9-11-7-8-14(3,4)15(11,5)6/h10-11H,7-9H2,1-6H3/t11-/m0/s1. The second-order valence-corrected chi connectivity index (χ2v) is 7.25. The van der Waals surface area contributed by atoms with Crippen LogP contribution in [0.15, 0.2) is 4.52 Å². The summed E-state index contributed by atoms with van der Waals surface area (Å²) in [5.41, 5.74) is 0.744. The van der Waals surface area contributed by atoms with Gasteiger partial charge in [-0.1, -0.05) is 46.7 Å². The Morgan fingerprint density at radius 2 is 1.94 bits per heavy atom. The van der Waals surface area contributed by atoms with E-state index < -0.39 is 0 Å². The molecule has 1 atom stereocenters. The number of aromatic nitrogens is 2. The highest BCUT2D eigenvalue weighted by molar-refractivity contribution is 5.02. The molecule has 1 aromatic heterocycles. The third-order valence-corrected chi connectivity index (χ3v) is 5.29. The van der Waals surface area contributed by atoms with E-state index in [2.05, 4.69) is 51.7 Å². The summed E-state index contributed by atoms with van der Waals surface area (Å²) in [5.74, 6) is 2.62. The van der Waals surface area contributed by atoms with Crippen molar-refractivity contribution in [3.63, 3.8) is 0 Å². The highest BCUT2D eigenvalue weighted by atomic mass is 16.5. The molecular weight excluding hydrogens is 224 g/mol. The van der Waals surface area contributed by atoms with Gasteiger partial charge < -0.3 is 4.52 Å². The maximum atomic E-state index is 5.30. The van der Waals surface area contributed by atoms with Crippen molar-refractivity contribution < 1.29 is 4.52 Å². The van der Waals surface area contributed by atoms with Gasteiger partial charge in [-0.3, -0.25) is 0 Å². The molecule has 102 valence electrons. The van der Waals surface area contributed by atoms with Crippen LogP contribution in [0.1, 0.15) is 72.0 Å². The quantitative estimate of drug-likeness (QED) is 0.807. The van der Waals surface area contributed by atoms with Gasteiger partial charge in [-0.25, -0.2) is 0 Å². The molecule has 0 spiro atoms. The van der Waals surface area contributed by atoms with Gasteiger partial charge in [0, 0.05) is 12.3 Å². The smallest absolute Gasteiger partial charge is 0.229 e. The molecule has 3 heteroatoms. The Kier molecular flexibility index (Phi) is 3.28. The van der Waals surface area contributed by atoms with Crippen LogP contribution in [0.4, 0.5) is 0 Å². The van der Waals surface area contributed by atoms with Crippen LogP contribution in [-0.2, 0) is 6.42 Å². The summed E-state index contributed by atoms with van der Waals surface area (Å²) in [7, 11) is 0. The summed E-state index contributed by atoms with van der Waals surface area (Å²) in [6.45, 7) is 13.7. The van der Waals surface area contributed by atoms with Crippen molar-refractivity contribution >= 4 is 0 Å². The molecule has 1 heterocycles. The van der Waals surface area contributed by atoms with Crippen molar-refractivity contribution in [2.75, 3.05) is 0 Å². The molecule has 2 rings (SSSR count). The molecule has 1 aromatic rings. The first kappa shape index (κ1) is 13.6. The summed E-state index contributed by atoms with van der Waals surface area (Å²) in [4.78, 5) is 4.51. The fraction of sp³-hybridized carbons (Fsp3) is 0.867. The number of hydrogen-bond acceptors (Lipinski definition) is 3. The normalized spacial score (nSPS) is 25.8. The van der Waals surface area contributed by atoms with Crippen molar-refractivity contribution in [2.45, 2.75) is 66.7 Å². The Balaban J connectivity index is 2.10. The van der Waals surface area contributed by atoms with Crippen LogP contribution in [-0.4, -0.2) is 10.1 Å². The average Bonchev–Trinajstić information content (AvgIpc) is 2.78. The largest absolute Gasteiger partial charge is 0.339 e. The van der Waals surface area contributed by atoms with Gasteiger partial charge in [-0.15, -0.1) is 0 Å². The molecule has 0 aliphatic heterocycles. The SMILES string of the molecule is CC(C)c1nc(C[C@@H]2CCC(C)(C)C2(C)C)no1. The van der Waals surface area contributed by atoms with E-state index in [0.717, 1.165) is 18.1 Å². The zero-order valence-electron chi connectivity index (χ0n) is 12.6. The van der Waals surface area contributed by atoms with Gasteiger partial charge in [0.2, 0.25) is 5.89 Å². The molecule has 0 bridgehead atoms. The third kappa shape index (κ3) is 2.19. The molecule has 0 aromatic carbocycles. The van der Waals surface area contributed by atoms with Crippen molar-refractivity contribution in [2.24, 2.45) is 16.7 Å². The van der Waals surface area contributed by atoms with Gasteiger partial charge >= 0.3 is 0 Å². The van der Waals surface area contributed by atoms with Gasteiger partial charge in [0.15, 0.2) is 5.82 Å². The van der Waals surface area contributed by atoms with Crippen LogP contribution in [0, 0.1) is 16.7 Å². The highest BCUT2D eigenvalue weighted by Crippen LogP contribution is 2.56. The molecule has 0 amide bonds. The topological polar surface area (TPSA) is 38.9 Å². The van der Waals surface area contributed by atoms with Crippen molar-refractivity contribution in [3.8, 4) is 0 Å². The molecule has 18 heavy (non-hydrogen) atoms. The Bertz CT molecular complexity index is 418. The van der Waals surface area contributed by atoms with E-state index >= 15 is 0 Å². The number of hydrogen-bond donors (Lipinski definition) is 0. The zero-order chi connectivity index (χ0) is 13.6. The number of nitrogens with zero attached hydrogens (tertiary/aromatic N) is 2. The van der Waals surface area contributed by atoms with Crippen LogP contribution in [0.3, 0.4) is 0 Å². The van der Waals surface area contributed by atoms with Gasteiger partial charge in [-0.2, -0.15) is 4.98 Å². The molecule has 3 nitrogen and oxygen atoms in total. The Morgan fingerprint density at radius 1 is 1.28 bits per heavy atom. The molecule has 1 fully saturated rings. The number of rotatable bonds is 3. The second kappa shape index (κ2) is 4.36. The second-order valence-electron chi connectivity index (χ2n) is 7.25.